The van der Waals surface area contributed by atoms with Gasteiger partial charge in [-0.05, 0) is 38.1 Å². The van der Waals surface area contributed by atoms with Crippen molar-refractivity contribution < 1.29 is 46.1 Å². The van der Waals surface area contributed by atoms with Crippen LogP contribution in [0.1, 0.15) is 18.5 Å². The number of alkyl halides is 6. The maximum atomic E-state index is 10.6. The molecule has 1 fully saturated rings. The summed E-state index contributed by atoms with van der Waals surface area (Å²) >= 11 is 0. The number of nitrogens with zero attached hydrogens (tertiary/aromatic N) is 1. The molecule has 0 unspecified atom stereocenters. The highest BCUT2D eigenvalue weighted by atomic mass is 19.4. The molecule has 160 valence electrons. The number of aliphatic carboxylic acids is 2. The first kappa shape index (κ1) is 25.6. The number of carboxylic acid groups (broad SMARTS) is 2. The van der Waals surface area contributed by atoms with Crippen molar-refractivity contribution in [3.8, 4) is 0 Å². The average molecular weight is 419 g/mol. The number of carboxylic acids is 2. The molecular weight excluding hydrogens is 400 g/mol. The monoisotopic (exact) mass is 419 g/mol. The minimum absolute atomic E-state index is 0.0421. The molecule has 2 heterocycles. The van der Waals surface area contributed by atoms with Gasteiger partial charge in [-0.1, -0.05) is 6.07 Å². The van der Waals surface area contributed by atoms with Crippen molar-refractivity contribution in [2.45, 2.75) is 37.2 Å². The number of rotatable bonds is 2. The van der Waals surface area contributed by atoms with Crippen molar-refractivity contribution in [1.29, 1.82) is 0 Å². The summed E-state index contributed by atoms with van der Waals surface area (Å²) in [6.07, 6.45) is -5.34. The lowest BCUT2D eigenvalue weighted by atomic mass is 9.85. The third kappa shape index (κ3) is 11.3. The van der Waals surface area contributed by atoms with Gasteiger partial charge in [-0.25, -0.2) is 9.59 Å². The smallest absolute Gasteiger partial charge is 0.475 e. The minimum atomic E-state index is -5.08. The molecule has 0 radical (unpaired) electrons. The summed E-state index contributed by atoms with van der Waals surface area (Å²) in [4.78, 5) is 22.1. The molecule has 1 aliphatic heterocycles. The summed E-state index contributed by atoms with van der Waals surface area (Å²) in [5.41, 5.74) is 7.38. The Morgan fingerprint density at radius 2 is 1.46 bits per heavy atom. The summed E-state index contributed by atoms with van der Waals surface area (Å²) < 4.78 is 63.5. The molecule has 0 aromatic carbocycles. The molecule has 1 aromatic heterocycles. The Bertz CT molecular complexity index is 592. The Kier molecular flexibility index (Phi) is 9.87. The van der Waals surface area contributed by atoms with E-state index in [0.29, 0.717) is 0 Å². The quantitative estimate of drug-likeness (QED) is 0.540. The molecule has 28 heavy (non-hydrogen) atoms. The fraction of sp³-hybridized carbons (Fsp3) is 0.533. The molecule has 13 heteroatoms. The summed E-state index contributed by atoms with van der Waals surface area (Å²) in [5.74, 6) is -5.51. The average Bonchev–Trinajstić information content (AvgIpc) is 2.55. The number of hydrogen-bond donors (Lipinski definition) is 4. The lowest BCUT2D eigenvalue weighted by Gasteiger charge is -2.33. The van der Waals surface area contributed by atoms with Gasteiger partial charge >= 0.3 is 24.3 Å². The number of nitrogens with one attached hydrogen (secondary N) is 1. The zero-order valence-corrected chi connectivity index (χ0v) is 14.3. The lowest BCUT2D eigenvalue weighted by Crippen LogP contribution is -2.50. The zero-order valence-electron chi connectivity index (χ0n) is 14.3. The highest BCUT2D eigenvalue weighted by Gasteiger charge is 2.38. The van der Waals surface area contributed by atoms with E-state index in [1.165, 1.54) is 0 Å². The second-order valence-corrected chi connectivity index (χ2v) is 5.72. The Labute approximate surface area is 155 Å². The van der Waals surface area contributed by atoms with Crippen LogP contribution in [-0.2, 0) is 16.0 Å². The van der Waals surface area contributed by atoms with Gasteiger partial charge in [0.15, 0.2) is 0 Å². The van der Waals surface area contributed by atoms with E-state index in [-0.39, 0.29) is 5.54 Å². The molecule has 7 nitrogen and oxygen atoms in total. The second kappa shape index (κ2) is 10.8. The first-order chi connectivity index (χ1) is 12.7. The predicted molar refractivity (Wildman–Crippen MR) is 84.3 cm³/mol. The molecule has 0 atom stereocenters. The number of aromatic nitrogens is 1. The Morgan fingerprint density at radius 1 is 1.04 bits per heavy atom. The van der Waals surface area contributed by atoms with Crippen molar-refractivity contribution >= 4 is 11.9 Å². The summed E-state index contributed by atoms with van der Waals surface area (Å²) in [6, 6.07) is 6.01. The molecule has 5 N–H and O–H groups in total. The highest BCUT2D eigenvalue weighted by Crippen LogP contribution is 2.19. The van der Waals surface area contributed by atoms with Gasteiger partial charge in [0.2, 0.25) is 0 Å². The van der Waals surface area contributed by atoms with E-state index >= 15 is 0 Å². The fourth-order valence-corrected chi connectivity index (χ4v) is 1.96. The van der Waals surface area contributed by atoms with Crippen LogP contribution >= 0.6 is 0 Å². The molecule has 1 aromatic rings. The van der Waals surface area contributed by atoms with E-state index in [1.54, 1.807) is 0 Å². The zero-order chi connectivity index (χ0) is 22.0. The molecule has 2 rings (SSSR count). The van der Waals surface area contributed by atoms with Crippen molar-refractivity contribution in [3.63, 3.8) is 0 Å². The first-order valence-corrected chi connectivity index (χ1v) is 7.67. The van der Waals surface area contributed by atoms with Crippen LogP contribution < -0.4 is 11.1 Å². The third-order valence-electron chi connectivity index (χ3n) is 3.34. The van der Waals surface area contributed by atoms with E-state index in [4.69, 9.17) is 25.5 Å². The van der Waals surface area contributed by atoms with E-state index in [9.17, 15) is 26.3 Å². The lowest BCUT2D eigenvalue weighted by molar-refractivity contribution is -0.193. The molecule has 1 aliphatic rings. The van der Waals surface area contributed by atoms with Gasteiger partial charge in [0.05, 0.1) is 0 Å². The third-order valence-corrected chi connectivity index (χ3v) is 3.34. The number of hydrogen-bond acceptors (Lipinski definition) is 5. The Hall–Kier alpha value is -2.41. The van der Waals surface area contributed by atoms with Crippen LogP contribution in [0.3, 0.4) is 0 Å². The van der Waals surface area contributed by atoms with Crippen LogP contribution in [-0.4, -0.2) is 58.1 Å². The van der Waals surface area contributed by atoms with Gasteiger partial charge in [-0.3, -0.25) is 4.98 Å². The number of halogens is 6. The first-order valence-electron chi connectivity index (χ1n) is 7.67. The Balaban J connectivity index is 0.000000444. The van der Waals surface area contributed by atoms with Gasteiger partial charge in [0.1, 0.15) is 0 Å². The SMILES string of the molecule is NC1(Cc2ccccn2)CCNCC1.O=C(O)C(F)(F)F.O=C(O)C(F)(F)F. The largest absolute Gasteiger partial charge is 0.490 e. The minimum Gasteiger partial charge on any atom is -0.475 e. The number of carbonyl (C=O) groups is 2. The van der Waals surface area contributed by atoms with Crippen LogP contribution in [0.5, 0.6) is 0 Å². The summed E-state index contributed by atoms with van der Waals surface area (Å²) in [6.45, 7) is 2.06. The van der Waals surface area contributed by atoms with Crippen LogP contribution in [0.15, 0.2) is 24.4 Å². The van der Waals surface area contributed by atoms with Gasteiger partial charge in [-0.15, -0.1) is 0 Å². The molecule has 1 saturated heterocycles. The normalized spacial score (nSPS) is 16.0. The van der Waals surface area contributed by atoms with E-state index in [2.05, 4.69) is 16.4 Å². The summed E-state index contributed by atoms with van der Waals surface area (Å²) in [7, 11) is 0. The Morgan fingerprint density at radius 3 is 1.79 bits per heavy atom. The van der Waals surface area contributed by atoms with Gasteiger partial charge < -0.3 is 21.3 Å². The van der Waals surface area contributed by atoms with Crippen molar-refractivity contribution in [2.75, 3.05) is 13.1 Å². The fourth-order valence-electron chi connectivity index (χ4n) is 1.96. The molecule has 0 spiro atoms. The van der Waals surface area contributed by atoms with Gasteiger partial charge in [-0.2, -0.15) is 26.3 Å². The van der Waals surface area contributed by atoms with Crippen LogP contribution in [0.4, 0.5) is 26.3 Å². The number of nitrogens with two attached hydrogens (primary N) is 1. The molecular formula is C15H19F6N3O4. The maximum absolute atomic E-state index is 10.6. The van der Waals surface area contributed by atoms with Crippen LogP contribution in [0, 0.1) is 0 Å². The number of piperidine rings is 1. The maximum Gasteiger partial charge on any atom is 0.490 e. The molecule has 0 bridgehead atoms. The predicted octanol–water partition coefficient (Wildman–Crippen LogP) is 1.97. The van der Waals surface area contributed by atoms with E-state index in [1.807, 2.05) is 18.3 Å². The summed E-state index contributed by atoms with van der Waals surface area (Å²) in [5, 5.41) is 17.6. The van der Waals surface area contributed by atoms with Crippen LogP contribution in [0.2, 0.25) is 0 Å². The van der Waals surface area contributed by atoms with Crippen molar-refractivity contribution in [1.82, 2.24) is 10.3 Å². The van der Waals surface area contributed by atoms with Crippen LogP contribution in [0.25, 0.3) is 0 Å². The number of pyridine rings is 1. The van der Waals surface area contributed by atoms with Crippen molar-refractivity contribution in [2.24, 2.45) is 5.73 Å². The van der Waals surface area contributed by atoms with Gasteiger partial charge in [0, 0.05) is 23.9 Å². The molecule has 0 aliphatic carbocycles. The van der Waals surface area contributed by atoms with Crippen molar-refractivity contribution in [3.05, 3.63) is 30.1 Å². The van der Waals surface area contributed by atoms with E-state index < -0.39 is 24.3 Å². The van der Waals surface area contributed by atoms with E-state index in [0.717, 1.165) is 38.0 Å². The standard InChI is InChI=1S/C11H17N3.2C2HF3O2/c12-11(4-7-13-8-5-11)9-10-3-1-2-6-14-10;2*3-2(4,5)1(6)7/h1-3,6,13H,4-5,7-9,12H2;2*(H,6,7). The van der Waals surface area contributed by atoms with Gasteiger partial charge in [0.25, 0.3) is 0 Å². The molecule has 0 saturated carbocycles. The topological polar surface area (TPSA) is 126 Å². The highest BCUT2D eigenvalue weighted by molar-refractivity contribution is 5.73. The second-order valence-electron chi connectivity index (χ2n) is 5.72. The molecule has 0 amide bonds.